The highest BCUT2D eigenvalue weighted by molar-refractivity contribution is 6.33. The molecule has 0 atom stereocenters. The van der Waals surface area contributed by atoms with Crippen LogP contribution in [-0.4, -0.2) is 28.8 Å². The number of halogens is 1. The van der Waals surface area contributed by atoms with Gasteiger partial charge in [0.05, 0.1) is 23.4 Å². The Morgan fingerprint density at radius 1 is 0.929 bits per heavy atom. The van der Waals surface area contributed by atoms with E-state index in [1.165, 1.54) is 20.4 Å². The summed E-state index contributed by atoms with van der Waals surface area (Å²) in [4.78, 5) is 31.4. The van der Waals surface area contributed by atoms with Crippen molar-refractivity contribution in [2.24, 2.45) is 0 Å². The van der Waals surface area contributed by atoms with Crippen molar-refractivity contribution in [2.75, 3.05) is 17.7 Å². The molecule has 1 heterocycles. The van der Waals surface area contributed by atoms with E-state index in [4.69, 9.17) is 16.3 Å². The SMILES string of the molecule is COC(=O)c1ccc(Cl)c(Nc2cc(Nc3ccc(C(C)=O)cc3)ncn2)c1. The lowest BCUT2D eigenvalue weighted by atomic mass is 10.1. The number of carbonyl (C=O) groups excluding carboxylic acids is 2. The second-order valence-corrected chi connectivity index (χ2v) is 6.27. The van der Waals surface area contributed by atoms with Crippen molar-refractivity contribution >= 4 is 46.4 Å². The summed E-state index contributed by atoms with van der Waals surface area (Å²) in [6.07, 6.45) is 1.40. The number of anilines is 4. The highest BCUT2D eigenvalue weighted by Gasteiger charge is 2.10. The zero-order valence-corrected chi connectivity index (χ0v) is 15.9. The quantitative estimate of drug-likeness (QED) is 0.464. The van der Waals surface area contributed by atoms with Crippen LogP contribution in [0.25, 0.3) is 0 Å². The van der Waals surface area contributed by atoms with Gasteiger partial charge in [0.25, 0.3) is 0 Å². The minimum atomic E-state index is -0.459. The van der Waals surface area contributed by atoms with Crippen LogP contribution in [0.4, 0.5) is 23.0 Å². The molecule has 2 aromatic carbocycles. The number of ketones is 1. The molecule has 0 bridgehead atoms. The van der Waals surface area contributed by atoms with Crippen molar-refractivity contribution in [1.82, 2.24) is 9.97 Å². The van der Waals surface area contributed by atoms with Crippen LogP contribution in [0.15, 0.2) is 54.9 Å². The first-order valence-corrected chi connectivity index (χ1v) is 8.69. The van der Waals surface area contributed by atoms with Gasteiger partial charge in [-0.05, 0) is 49.4 Å². The van der Waals surface area contributed by atoms with Gasteiger partial charge in [-0.25, -0.2) is 14.8 Å². The first-order valence-electron chi connectivity index (χ1n) is 8.31. The van der Waals surface area contributed by atoms with Gasteiger partial charge in [0.1, 0.15) is 18.0 Å². The van der Waals surface area contributed by atoms with Gasteiger partial charge in [-0.3, -0.25) is 4.79 Å². The summed E-state index contributed by atoms with van der Waals surface area (Å²) < 4.78 is 4.72. The third-order valence-electron chi connectivity index (χ3n) is 3.88. The minimum absolute atomic E-state index is 0.00568. The van der Waals surface area contributed by atoms with Crippen LogP contribution < -0.4 is 10.6 Å². The van der Waals surface area contributed by atoms with Crippen LogP contribution in [0, 0.1) is 0 Å². The van der Waals surface area contributed by atoms with Crippen LogP contribution in [-0.2, 0) is 4.74 Å². The number of Topliss-reactive ketones (excluding diaryl/α,β-unsaturated/α-hetero) is 1. The Morgan fingerprint density at radius 2 is 1.57 bits per heavy atom. The lowest BCUT2D eigenvalue weighted by molar-refractivity contribution is 0.0600. The highest BCUT2D eigenvalue weighted by atomic mass is 35.5. The Balaban J connectivity index is 1.78. The third kappa shape index (κ3) is 4.63. The first-order chi connectivity index (χ1) is 13.5. The Hall–Kier alpha value is -3.45. The normalized spacial score (nSPS) is 10.2. The summed E-state index contributed by atoms with van der Waals surface area (Å²) in [5, 5.41) is 6.64. The van der Waals surface area contributed by atoms with Gasteiger partial charge >= 0.3 is 5.97 Å². The largest absolute Gasteiger partial charge is 0.465 e. The van der Waals surface area contributed by atoms with E-state index >= 15 is 0 Å². The number of hydrogen-bond donors (Lipinski definition) is 2. The molecule has 0 aliphatic heterocycles. The van der Waals surface area contributed by atoms with Gasteiger partial charge in [-0.15, -0.1) is 0 Å². The molecule has 0 aliphatic rings. The number of esters is 1. The van der Waals surface area contributed by atoms with Crippen LogP contribution in [0.1, 0.15) is 27.6 Å². The Kier molecular flexibility index (Phi) is 5.86. The average molecular weight is 397 g/mol. The molecule has 0 saturated carbocycles. The molecule has 0 unspecified atom stereocenters. The van der Waals surface area contributed by atoms with Crippen LogP contribution in [0.5, 0.6) is 0 Å². The molecule has 0 amide bonds. The second kappa shape index (κ2) is 8.49. The zero-order valence-electron chi connectivity index (χ0n) is 15.2. The van der Waals surface area contributed by atoms with Crippen molar-refractivity contribution in [3.05, 3.63) is 71.0 Å². The molecule has 28 heavy (non-hydrogen) atoms. The minimum Gasteiger partial charge on any atom is -0.465 e. The molecule has 8 heteroatoms. The molecular weight excluding hydrogens is 380 g/mol. The fourth-order valence-corrected chi connectivity index (χ4v) is 2.60. The topological polar surface area (TPSA) is 93.2 Å². The maximum absolute atomic E-state index is 11.7. The van der Waals surface area contributed by atoms with Gasteiger partial charge in [-0.2, -0.15) is 0 Å². The van der Waals surface area contributed by atoms with E-state index in [-0.39, 0.29) is 5.78 Å². The predicted molar refractivity (Wildman–Crippen MR) is 108 cm³/mol. The third-order valence-corrected chi connectivity index (χ3v) is 4.21. The molecule has 3 aromatic rings. The lowest BCUT2D eigenvalue weighted by Crippen LogP contribution is -2.03. The van der Waals surface area contributed by atoms with E-state index < -0.39 is 5.97 Å². The van der Waals surface area contributed by atoms with Crippen molar-refractivity contribution in [3.63, 3.8) is 0 Å². The summed E-state index contributed by atoms with van der Waals surface area (Å²) in [6.45, 7) is 1.52. The highest BCUT2D eigenvalue weighted by Crippen LogP contribution is 2.27. The monoisotopic (exact) mass is 396 g/mol. The fraction of sp³-hybridized carbons (Fsp3) is 0.100. The number of carbonyl (C=O) groups is 2. The van der Waals surface area contributed by atoms with Crippen molar-refractivity contribution in [1.29, 1.82) is 0 Å². The summed E-state index contributed by atoms with van der Waals surface area (Å²) in [7, 11) is 1.31. The smallest absolute Gasteiger partial charge is 0.337 e. The summed E-state index contributed by atoms with van der Waals surface area (Å²) >= 11 is 6.20. The molecule has 1 aromatic heterocycles. The molecular formula is C20H17ClN4O3. The summed E-state index contributed by atoms with van der Waals surface area (Å²) in [5.41, 5.74) is 2.29. The molecule has 0 saturated heterocycles. The van der Waals surface area contributed by atoms with Gasteiger partial charge in [-0.1, -0.05) is 11.6 Å². The van der Waals surface area contributed by atoms with Crippen LogP contribution in [0.2, 0.25) is 5.02 Å². The number of rotatable bonds is 6. The Morgan fingerprint density at radius 3 is 2.21 bits per heavy atom. The van der Waals surface area contributed by atoms with Crippen molar-refractivity contribution < 1.29 is 14.3 Å². The van der Waals surface area contributed by atoms with Crippen molar-refractivity contribution in [2.45, 2.75) is 6.92 Å². The predicted octanol–water partition coefficient (Wildman–Crippen LogP) is 4.61. The van der Waals surface area contributed by atoms with Crippen LogP contribution >= 0.6 is 11.6 Å². The second-order valence-electron chi connectivity index (χ2n) is 5.86. The lowest BCUT2D eigenvalue weighted by Gasteiger charge is -2.11. The maximum atomic E-state index is 11.7. The molecule has 0 fully saturated rings. The number of hydrogen-bond acceptors (Lipinski definition) is 7. The van der Waals surface area contributed by atoms with E-state index in [9.17, 15) is 9.59 Å². The van der Waals surface area contributed by atoms with Gasteiger partial charge < -0.3 is 15.4 Å². The van der Waals surface area contributed by atoms with E-state index in [1.807, 2.05) is 0 Å². The van der Waals surface area contributed by atoms with Gasteiger partial charge in [0, 0.05) is 17.3 Å². The molecule has 2 N–H and O–H groups in total. The van der Waals surface area contributed by atoms with Crippen molar-refractivity contribution in [3.8, 4) is 0 Å². The number of ether oxygens (including phenoxy) is 1. The average Bonchev–Trinajstić information content (AvgIpc) is 2.70. The van der Waals surface area contributed by atoms with Gasteiger partial charge in [0.2, 0.25) is 0 Å². The Labute approximate surface area is 166 Å². The van der Waals surface area contributed by atoms with E-state index in [1.54, 1.807) is 48.5 Å². The molecule has 0 radical (unpaired) electrons. The maximum Gasteiger partial charge on any atom is 0.337 e. The molecule has 0 spiro atoms. The molecule has 7 nitrogen and oxygen atoms in total. The standard InChI is InChI=1S/C20H17ClN4O3/c1-12(26)13-3-6-15(7-4-13)24-18-10-19(23-11-22-18)25-17-9-14(20(27)28-2)5-8-16(17)21/h3-11H,1-2H3,(H2,22,23,24,25). The molecule has 3 rings (SSSR count). The molecule has 142 valence electrons. The first kappa shape index (κ1) is 19.3. The van der Waals surface area contributed by atoms with E-state index in [0.717, 1.165) is 5.69 Å². The van der Waals surface area contributed by atoms with Gasteiger partial charge in [0.15, 0.2) is 5.78 Å². The number of nitrogens with zero attached hydrogens (tertiary/aromatic N) is 2. The van der Waals surface area contributed by atoms with E-state index in [2.05, 4.69) is 20.6 Å². The van der Waals surface area contributed by atoms with Crippen LogP contribution in [0.3, 0.4) is 0 Å². The number of nitrogens with one attached hydrogen (secondary N) is 2. The van der Waals surface area contributed by atoms with E-state index in [0.29, 0.717) is 33.5 Å². The molecule has 0 aliphatic carbocycles. The zero-order chi connectivity index (χ0) is 20.1. The number of aromatic nitrogens is 2. The number of methoxy groups -OCH3 is 1. The summed E-state index contributed by atoms with van der Waals surface area (Å²) in [5.74, 6) is 0.583. The summed E-state index contributed by atoms with van der Waals surface area (Å²) in [6, 6.07) is 13.5. The fourth-order valence-electron chi connectivity index (χ4n) is 2.43. The number of benzene rings is 2. The Bertz CT molecular complexity index is 1020.